The second-order valence-electron chi connectivity index (χ2n) is 5.98. The Morgan fingerprint density at radius 3 is 2.54 bits per heavy atom. The van der Waals surface area contributed by atoms with E-state index in [1.807, 2.05) is 18.2 Å². The molecule has 0 fully saturated rings. The molecule has 0 saturated heterocycles. The number of ether oxygens (including phenoxy) is 3. The summed E-state index contributed by atoms with van der Waals surface area (Å²) in [6.07, 6.45) is 0.805. The van der Waals surface area contributed by atoms with E-state index in [0.29, 0.717) is 24.6 Å². The molecular weight excluding hydrogens is 334 g/mol. The Balaban J connectivity index is 1.62. The van der Waals surface area contributed by atoms with Crippen molar-refractivity contribution in [2.75, 3.05) is 27.4 Å². The van der Waals surface area contributed by atoms with Crippen LogP contribution in [0.5, 0.6) is 11.5 Å². The third kappa shape index (κ3) is 3.79. The quantitative estimate of drug-likeness (QED) is 0.771. The van der Waals surface area contributed by atoms with Gasteiger partial charge in [-0.3, -0.25) is 4.79 Å². The Hall–Kier alpha value is -3.02. The predicted octanol–water partition coefficient (Wildman–Crippen LogP) is 2.45. The summed E-state index contributed by atoms with van der Waals surface area (Å²) in [4.78, 5) is 26.5. The van der Waals surface area contributed by atoms with Gasteiger partial charge in [0.1, 0.15) is 17.1 Å². The molecule has 0 bridgehead atoms. The zero-order chi connectivity index (χ0) is 18.5. The van der Waals surface area contributed by atoms with Crippen molar-refractivity contribution in [1.82, 2.24) is 4.90 Å². The maximum atomic E-state index is 12.4. The van der Waals surface area contributed by atoms with Gasteiger partial charge in [0.25, 0.3) is 5.91 Å². The van der Waals surface area contributed by atoms with Crippen LogP contribution in [0.15, 0.2) is 42.5 Å². The number of methoxy groups -OCH3 is 2. The summed E-state index contributed by atoms with van der Waals surface area (Å²) in [7, 11) is 2.98. The molecule has 3 rings (SSSR count). The molecule has 0 atom stereocenters. The number of esters is 1. The fraction of sp³-hybridized carbons (Fsp3) is 0.300. The third-order valence-corrected chi connectivity index (χ3v) is 4.44. The lowest BCUT2D eigenvalue weighted by atomic mass is 10.00. The van der Waals surface area contributed by atoms with E-state index in [4.69, 9.17) is 14.2 Å². The van der Waals surface area contributed by atoms with E-state index in [-0.39, 0.29) is 18.1 Å². The molecule has 0 spiro atoms. The van der Waals surface area contributed by atoms with Gasteiger partial charge in [-0.1, -0.05) is 24.3 Å². The fourth-order valence-corrected chi connectivity index (χ4v) is 2.98. The molecule has 6 heteroatoms. The normalized spacial score (nSPS) is 12.9. The maximum Gasteiger partial charge on any atom is 0.342 e. The Bertz CT molecular complexity index is 818. The van der Waals surface area contributed by atoms with Gasteiger partial charge in [-0.25, -0.2) is 4.79 Å². The van der Waals surface area contributed by atoms with Crippen LogP contribution in [0.4, 0.5) is 0 Å². The van der Waals surface area contributed by atoms with Crippen LogP contribution in [0.25, 0.3) is 0 Å². The van der Waals surface area contributed by atoms with Crippen LogP contribution in [-0.2, 0) is 22.5 Å². The van der Waals surface area contributed by atoms with Crippen molar-refractivity contribution >= 4 is 11.9 Å². The first-order valence-corrected chi connectivity index (χ1v) is 8.36. The molecule has 2 aromatic rings. The van der Waals surface area contributed by atoms with Crippen molar-refractivity contribution in [1.29, 1.82) is 0 Å². The zero-order valence-electron chi connectivity index (χ0n) is 14.9. The highest BCUT2D eigenvalue weighted by Crippen LogP contribution is 2.25. The third-order valence-electron chi connectivity index (χ3n) is 4.44. The smallest absolute Gasteiger partial charge is 0.342 e. The lowest BCUT2D eigenvalue weighted by Gasteiger charge is -2.28. The Kier molecular flexibility index (Phi) is 5.41. The van der Waals surface area contributed by atoms with Gasteiger partial charge in [-0.15, -0.1) is 0 Å². The first-order chi connectivity index (χ1) is 12.6. The van der Waals surface area contributed by atoms with Crippen LogP contribution in [0.3, 0.4) is 0 Å². The van der Waals surface area contributed by atoms with Crippen LogP contribution in [0.2, 0.25) is 0 Å². The molecule has 26 heavy (non-hydrogen) atoms. The molecule has 0 saturated carbocycles. The molecule has 2 aromatic carbocycles. The molecule has 6 nitrogen and oxygen atoms in total. The van der Waals surface area contributed by atoms with Crippen molar-refractivity contribution in [3.8, 4) is 11.5 Å². The number of fused-ring (bicyclic) bond motifs is 1. The topological polar surface area (TPSA) is 65.1 Å². The molecule has 0 aromatic heterocycles. The Morgan fingerprint density at radius 2 is 1.81 bits per heavy atom. The number of rotatable bonds is 5. The van der Waals surface area contributed by atoms with Crippen LogP contribution in [-0.4, -0.2) is 44.1 Å². The largest absolute Gasteiger partial charge is 0.497 e. The highest BCUT2D eigenvalue weighted by Gasteiger charge is 2.22. The number of carbonyl (C=O) groups is 2. The average Bonchev–Trinajstić information content (AvgIpc) is 2.70. The number of nitrogens with zero attached hydrogens (tertiary/aromatic N) is 1. The van der Waals surface area contributed by atoms with Crippen LogP contribution in [0.1, 0.15) is 21.5 Å². The van der Waals surface area contributed by atoms with Crippen molar-refractivity contribution in [2.24, 2.45) is 0 Å². The fourth-order valence-electron chi connectivity index (χ4n) is 2.98. The van der Waals surface area contributed by atoms with Gasteiger partial charge in [0, 0.05) is 13.1 Å². The lowest BCUT2D eigenvalue weighted by Crippen LogP contribution is -2.38. The second kappa shape index (κ2) is 7.91. The molecule has 0 unspecified atom stereocenters. The number of amides is 1. The summed E-state index contributed by atoms with van der Waals surface area (Å²) in [5.41, 5.74) is 2.62. The minimum Gasteiger partial charge on any atom is -0.497 e. The molecule has 0 aliphatic carbocycles. The SMILES string of the molecule is COc1ccc(OC)c(C(=O)OCC(=O)N2CCc3ccccc3C2)c1. The highest BCUT2D eigenvalue weighted by molar-refractivity contribution is 5.94. The van der Waals surface area contributed by atoms with Crippen molar-refractivity contribution in [3.05, 3.63) is 59.2 Å². The Labute approximate surface area is 152 Å². The standard InChI is InChI=1S/C20H21NO5/c1-24-16-7-8-18(25-2)17(11-16)20(23)26-13-19(22)21-10-9-14-5-3-4-6-15(14)12-21/h3-8,11H,9-10,12-13H2,1-2H3. The molecule has 0 radical (unpaired) electrons. The molecular formula is C20H21NO5. The van der Waals surface area contributed by atoms with E-state index in [2.05, 4.69) is 6.07 Å². The lowest BCUT2D eigenvalue weighted by molar-refractivity contribution is -0.135. The van der Waals surface area contributed by atoms with Crippen LogP contribution in [0, 0.1) is 0 Å². The number of benzene rings is 2. The molecule has 136 valence electrons. The average molecular weight is 355 g/mol. The van der Waals surface area contributed by atoms with Crippen LogP contribution >= 0.6 is 0 Å². The number of hydrogen-bond acceptors (Lipinski definition) is 5. The second-order valence-corrected chi connectivity index (χ2v) is 5.98. The van der Waals surface area contributed by atoms with Crippen molar-refractivity contribution in [2.45, 2.75) is 13.0 Å². The zero-order valence-corrected chi connectivity index (χ0v) is 14.9. The van der Waals surface area contributed by atoms with Crippen molar-refractivity contribution < 1.29 is 23.8 Å². The van der Waals surface area contributed by atoms with E-state index in [1.165, 1.54) is 25.8 Å². The minimum absolute atomic E-state index is 0.213. The number of carbonyl (C=O) groups excluding carboxylic acids is 2. The minimum atomic E-state index is -0.619. The van der Waals surface area contributed by atoms with Gasteiger partial charge >= 0.3 is 5.97 Å². The van der Waals surface area contributed by atoms with E-state index in [9.17, 15) is 9.59 Å². The van der Waals surface area contributed by atoms with E-state index in [1.54, 1.807) is 17.0 Å². The van der Waals surface area contributed by atoms with Gasteiger partial charge in [0.05, 0.1) is 14.2 Å². The molecule has 0 N–H and O–H groups in total. The highest BCUT2D eigenvalue weighted by atomic mass is 16.5. The van der Waals surface area contributed by atoms with Crippen molar-refractivity contribution in [3.63, 3.8) is 0 Å². The maximum absolute atomic E-state index is 12.4. The summed E-state index contributed by atoms with van der Waals surface area (Å²) in [6.45, 7) is 0.853. The van der Waals surface area contributed by atoms with Crippen LogP contribution < -0.4 is 9.47 Å². The predicted molar refractivity (Wildman–Crippen MR) is 95.4 cm³/mol. The van der Waals surface area contributed by atoms with Gasteiger partial charge in [-0.2, -0.15) is 0 Å². The molecule has 1 aliphatic rings. The molecule has 1 amide bonds. The monoisotopic (exact) mass is 355 g/mol. The first-order valence-electron chi connectivity index (χ1n) is 8.36. The van der Waals surface area contributed by atoms with E-state index >= 15 is 0 Å². The van der Waals surface area contributed by atoms with Gasteiger partial charge in [-0.05, 0) is 35.7 Å². The van der Waals surface area contributed by atoms with Gasteiger partial charge in [0.2, 0.25) is 0 Å². The van der Waals surface area contributed by atoms with E-state index in [0.717, 1.165) is 12.0 Å². The van der Waals surface area contributed by atoms with Gasteiger partial charge in [0.15, 0.2) is 6.61 Å². The summed E-state index contributed by atoms with van der Waals surface area (Å²) < 4.78 is 15.5. The first kappa shape index (κ1) is 17.8. The summed E-state index contributed by atoms with van der Waals surface area (Å²) in [5, 5.41) is 0. The summed E-state index contributed by atoms with van der Waals surface area (Å²) >= 11 is 0. The molecule has 1 heterocycles. The summed E-state index contributed by atoms with van der Waals surface area (Å²) in [6, 6.07) is 12.9. The number of hydrogen-bond donors (Lipinski definition) is 0. The Morgan fingerprint density at radius 1 is 1.04 bits per heavy atom. The van der Waals surface area contributed by atoms with Gasteiger partial charge < -0.3 is 19.1 Å². The van der Waals surface area contributed by atoms with E-state index < -0.39 is 5.97 Å². The summed E-state index contributed by atoms with van der Waals surface area (Å²) in [5.74, 6) is 0.0492. The molecule has 1 aliphatic heterocycles.